The molecule has 4 fully saturated rings. The van der Waals surface area contributed by atoms with E-state index in [4.69, 9.17) is 5.41 Å². The molecule has 5 aliphatic rings. The number of carbonyl (C=O) groups excluding carboxylic acids is 1. The van der Waals surface area contributed by atoms with Gasteiger partial charge in [-0.1, -0.05) is 65.5 Å². The molecule has 0 aromatic rings. The monoisotopic (exact) mass is 577 g/mol. The predicted molar refractivity (Wildman–Crippen MR) is 163 cm³/mol. The number of nitrogens with zero attached hydrogens (tertiary/aromatic N) is 1. The Morgan fingerprint density at radius 1 is 1.11 bits per heavy atom. The average Bonchev–Trinajstić information content (AvgIpc) is 3.31. The van der Waals surface area contributed by atoms with Crippen molar-refractivity contribution in [2.45, 2.75) is 111 Å². The van der Waals surface area contributed by atoms with E-state index in [1.807, 2.05) is 0 Å². The third-order valence-electron chi connectivity index (χ3n) is 11.3. The van der Waals surface area contributed by atoms with Gasteiger partial charge in [-0.15, -0.1) is 12.4 Å². The topological polar surface area (TPSA) is 76.4 Å². The summed E-state index contributed by atoms with van der Waals surface area (Å²) in [5, 5.41) is 19.5. The second-order valence-corrected chi connectivity index (χ2v) is 13.9. The van der Waals surface area contributed by atoms with Crippen LogP contribution in [0.3, 0.4) is 0 Å². The van der Waals surface area contributed by atoms with Crippen molar-refractivity contribution in [3.05, 3.63) is 11.6 Å². The van der Waals surface area contributed by atoms with Gasteiger partial charge in [0.05, 0.1) is 12.6 Å². The van der Waals surface area contributed by atoms with Gasteiger partial charge in [-0.25, -0.2) is 0 Å². The zero-order valence-electron chi connectivity index (χ0n) is 24.3. The van der Waals surface area contributed by atoms with E-state index in [0.29, 0.717) is 17.4 Å². The van der Waals surface area contributed by atoms with Crippen molar-refractivity contribution in [3.63, 3.8) is 0 Å². The van der Waals surface area contributed by atoms with E-state index < -0.39 is 0 Å². The molecule has 7 heteroatoms. The number of nitrogens with one attached hydrogen (secondary N) is 2. The van der Waals surface area contributed by atoms with Gasteiger partial charge >= 0.3 is 37.7 Å². The van der Waals surface area contributed by atoms with Crippen molar-refractivity contribution in [1.29, 1.82) is 5.41 Å². The number of allylic oxidation sites excluding steroid dienone is 1. The number of rotatable bonds is 5. The number of likely N-dealkylation sites (N-methyl/N-ethyl adjacent to an activating group) is 1. The predicted octanol–water partition coefficient (Wildman–Crippen LogP) is 5.88. The van der Waals surface area contributed by atoms with Gasteiger partial charge in [0.15, 0.2) is 5.96 Å². The summed E-state index contributed by atoms with van der Waals surface area (Å²) in [5.74, 6) is 5.55. The van der Waals surface area contributed by atoms with Crippen molar-refractivity contribution in [3.8, 4) is 0 Å². The van der Waals surface area contributed by atoms with Crippen LogP contribution < -0.4 is 5.32 Å². The fourth-order valence-corrected chi connectivity index (χ4v) is 9.23. The van der Waals surface area contributed by atoms with Gasteiger partial charge in [0.2, 0.25) is 5.91 Å². The van der Waals surface area contributed by atoms with Crippen LogP contribution in [0.1, 0.15) is 105 Å². The maximum atomic E-state index is 10.4. The Bertz CT molecular complexity index is 866. The van der Waals surface area contributed by atoms with Gasteiger partial charge in [-0.3, -0.25) is 15.5 Å². The van der Waals surface area contributed by atoms with Gasteiger partial charge in [0.1, 0.15) is 0 Å². The molecule has 38 heavy (non-hydrogen) atoms. The standard InChI is InChI=1S/C27H46O.C4H7N3O.Ca.ClH.2H/c1-18(2)7-6-8-19(3)23-11-12-24-22-10-9-20-17-21(28)13-15-26(20,4)25(22)14-16-27(23,24)5;1-7-2-3(8)6-4(7)5;;;;/h9,18-19,21-25,28H,6-8,10-17H2,1-5H3;2H2,1H3,(H2,5,6,8);;1H;;/t19-,21+,22+,23-,24+,25+,26+,27-;;;;;/m1...../s1. The fraction of sp³-hybridized carbons (Fsp3) is 0.871. The molecule has 3 saturated carbocycles. The average molecular weight is 578 g/mol. The normalized spacial score (nSPS) is 38.4. The van der Waals surface area contributed by atoms with Crippen LogP contribution in [0.15, 0.2) is 11.6 Å². The van der Waals surface area contributed by atoms with Crippen LogP contribution in [0.5, 0.6) is 0 Å². The number of carbonyl (C=O) groups is 1. The SMILES string of the molecule is CC(C)CCC[C@@H](C)[C@H]1CC[C@H]2[C@@H]3CC=C4C[C@@H](O)CC[C@]4(C)[C@H]3CC[C@]12C.CN1CC(=O)NC1=N.Cl.[CaH2]. The summed E-state index contributed by atoms with van der Waals surface area (Å²) in [6.07, 6.45) is 17.2. The van der Waals surface area contributed by atoms with E-state index in [1.165, 1.54) is 57.8 Å². The molecule has 0 radical (unpaired) electrons. The van der Waals surface area contributed by atoms with Crippen LogP contribution in [0, 0.1) is 51.7 Å². The van der Waals surface area contributed by atoms with E-state index >= 15 is 0 Å². The molecule has 1 saturated heterocycles. The Kier molecular flexibility index (Phi) is 12.6. The second-order valence-electron chi connectivity index (χ2n) is 13.9. The third kappa shape index (κ3) is 6.97. The molecular weight excluding hydrogens is 522 g/mol. The Balaban J connectivity index is 0.000000438. The van der Waals surface area contributed by atoms with Crippen molar-refractivity contribution in [1.82, 2.24) is 10.2 Å². The van der Waals surface area contributed by atoms with Crippen LogP contribution in [0.25, 0.3) is 0 Å². The van der Waals surface area contributed by atoms with Crippen LogP contribution in [-0.2, 0) is 4.79 Å². The van der Waals surface area contributed by atoms with Crippen molar-refractivity contribution in [2.24, 2.45) is 46.3 Å². The van der Waals surface area contributed by atoms with Gasteiger partial charge in [-0.05, 0) is 97.7 Å². The number of hydrogen-bond acceptors (Lipinski definition) is 3. The number of fused-ring (bicyclic) bond motifs is 5. The number of hydrogen-bond donors (Lipinski definition) is 3. The Morgan fingerprint density at radius 3 is 2.39 bits per heavy atom. The molecule has 8 atom stereocenters. The third-order valence-corrected chi connectivity index (χ3v) is 11.3. The number of aliphatic hydroxyl groups is 1. The maximum absolute atomic E-state index is 10.4. The minimum atomic E-state index is -0.0995. The van der Waals surface area contributed by atoms with Crippen LogP contribution in [-0.4, -0.2) is 79.3 Å². The second kappa shape index (κ2) is 13.9. The summed E-state index contributed by atoms with van der Waals surface area (Å²) in [7, 11) is 1.69. The van der Waals surface area contributed by atoms with E-state index in [-0.39, 0.29) is 68.1 Å². The van der Waals surface area contributed by atoms with Crippen LogP contribution in [0.4, 0.5) is 0 Å². The fourth-order valence-electron chi connectivity index (χ4n) is 9.23. The van der Waals surface area contributed by atoms with Crippen molar-refractivity contribution < 1.29 is 9.90 Å². The van der Waals surface area contributed by atoms with Crippen LogP contribution in [0.2, 0.25) is 0 Å². The first-order valence-corrected chi connectivity index (χ1v) is 14.9. The molecule has 0 bridgehead atoms. The van der Waals surface area contributed by atoms with E-state index in [0.717, 1.165) is 48.3 Å². The van der Waals surface area contributed by atoms with Gasteiger partial charge in [0, 0.05) is 7.05 Å². The van der Waals surface area contributed by atoms with Gasteiger partial charge in [-0.2, -0.15) is 0 Å². The molecule has 5 nitrogen and oxygen atoms in total. The Labute approximate surface area is 268 Å². The molecule has 216 valence electrons. The summed E-state index contributed by atoms with van der Waals surface area (Å²) in [5.41, 5.74) is 2.60. The van der Waals surface area contributed by atoms with Crippen LogP contribution >= 0.6 is 12.4 Å². The van der Waals surface area contributed by atoms with Gasteiger partial charge < -0.3 is 10.0 Å². The molecular formula is C31H56CaClN3O2. The first-order chi connectivity index (χ1) is 17.0. The molecule has 1 heterocycles. The summed E-state index contributed by atoms with van der Waals surface area (Å²) in [4.78, 5) is 11.9. The quantitative estimate of drug-likeness (QED) is 0.282. The molecule has 0 aromatic heterocycles. The van der Waals surface area contributed by atoms with E-state index in [1.54, 1.807) is 17.5 Å². The van der Waals surface area contributed by atoms with Crippen molar-refractivity contribution >= 4 is 62.0 Å². The summed E-state index contributed by atoms with van der Waals surface area (Å²) >= 11 is 0. The zero-order chi connectivity index (χ0) is 26.3. The zero-order valence-corrected chi connectivity index (χ0v) is 25.1. The van der Waals surface area contributed by atoms with E-state index in [9.17, 15) is 9.90 Å². The molecule has 0 spiro atoms. The molecule has 1 amide bonds. The van der Waals surface area contributed by atoms with Gasteiger partial charge in [0.25, 0.3) is 0 Å². The summed E-state index contributed by atoms with van der Waals surface area (Å²) < 4.78 is 0. The number of amides is 1. The molecule has 4 aliphatic carbocycles. The minimum absolute atomic E-state index is 0. The Hall–Kier alpha value is 0.190. The molecule has 5 rings (SSSR count). The number of halogens is 1. The molecule has 0 unspecified atom stereocenters. The molecule has 1 aliphatic heterocycles. The first kappa shape index (κ1) is 34.4. The number of aliphatic hydroxyl groups excluding tert-OH is 1. The summed E-state index contributed by atoms with van der Waals surface area (Å²) in [6.45, 7) is 12.9. The molecule has 0 aromatic carbocycles. The Morgan fingerprint density at radius 2 is 1.82 bits per heavy atom. The number of guanidine groups is 1. The summed E-state index contributed by atoms with van der Waals surface area (Å²) in [6, 6.07) is 0. The van der Waals surface area contributed by atoms with Crippen molar-refractivity contribution in [2.75, 3.05) is 13.6 Å². The van der Waals surface area contributed by atoms with E-state index in [2.05, 4.69) is 46.0 Å². The first-order valence-electron chi connectivity index (χ1n) is 14.9. The molecule has 3 N–H and O–H groups in total.